The van der Waals surface area contributed by atoms with E-state index in [2.05, 4.69) is 48.7 Å². The third-order valence-corrected chi connectivity index (χ3v) is 6.16. The van der Waals surface area contributed by atoms with E-state index in [1.54, 1.807) is 0 Å². The van der Waals surface area contributed by atoms with E-state index in [1.807, 2.05) is 24.3 Å². The molecule has 1 aliphatic rings. The highest BCUT2D eigenvalue weighted by Crippen LogP contribution is 2.48. The van der Waals surface area contributed by atoms with E-state index in [0.29, 0.717) is 5.02 Å². The summed E-state index contributed by atoms with van der Waals surface area (Å²) in [5.74, 6) is 2.89. The summed E-state index contributed by atoms with van der Waals surface area (Å²) in [6, 6.07) is 16.0. The third-order valence-electron chi connectivity index (χ3n) is 4.26. The predicted octanol–water partition coefficient (Wildman–Crippen LogP) is 6.82. The Morgan fingerprint density at radius 2 is 1.70 bits per heavy atom. The number of thioether (sulfide) groups is 1. The zero-order chi connectivity index (χ0) is 16.1. The van der Waals surface area contributed by atoms with Gasteiger partial charge in [-0.1, -0.05) is 36.2 Å². The molecule has 1 nitrogen and oxygen atoms in total. The Morgan fingerprint density at radius 1 is 1.04 bits per heavy atom. The maximum absolute atomic E-state index is 5.90. The van der Waals surface area contributed by atoms with Crippen LogP contribution in [0.4, 0.5) is 0 Å². The van der Waals surface area contributed by atoms with Crippen LogP contribution in [0.15, 0.2) is 61.2 Å². The molecule has 0 spiro atoms. The lowest BCUT2D eigenvalue weighted by Gasteiger charge is -2.36. The number of benzene rings is 2. The summed E-state index contributed by atoms with van der Waals surface area (Å²) in [5.41, 5.74) is 1.38. The van der Waals surface area contributed by atoms with Gasteiger partial charge < -0.3 is 4.74 Å². The van der Waals surface area contributed by atoms with Crippen molar-refractivity contribution in [3.63, 3.8) is 0 Å². The van der Waals surface area contributed by atoms with Crippen LogP contribution in [0.25, 0.3) is 0 Å². The molecule has 0 amide bonds. The quantitative estimate of drug-likeness (QED) is 0.550. The lowest BCUT2D eigenvalue weighted by atomic mass is 9.89. The van der Waals surface area contributed by atoms with Crippen molar-refractivity contribution < 1.29 is 4.74 Å². The van der Waals surface area contributed by atoms with E-state index in [-0.39, 0.29) is 4.75 Å². The molecule has 1 atom stereocenters. The summed E-state index contributed by atoms with van der Waals surface area (Å²) in [6.45, 7) is 3.96. The van der Waals surface area contributed by atoms with E-state index in [4.69, 9.17) is 16.3 Å². The molecule has 0 aromatic heterocycles. The van der Waals surface area contributed by atoms with Crippen molar-refractivity contribution in [3.8, 4) is 11.5 Å². The van der Waals surface area contributed by atoms with Crippen LogP contribution < -0.4 is 4.74 Å². The summed E-state index contributed by atoms with van der Waals surface area (Å²) in [6.07, 6.45) is 6.91. The maximum Gasteiger partial charge on any atom is 0.127 e. The average molecular weight is 345 g/mol. The second kappa shape index (κ2) is 7.46. The van der Waals surface area contributed by atoms with Crippen molar-refractivity contribution >= 4 is 23.4 Å². The molecule has 2 aromatic rings. The van der Waals surface area contributed by atoms with Gasteiger partial charge in [0, 0.05) is 9.77 Å². The molecule has 1 aliphatic heterocycles. The van der Waals surface area contributed by atoms with Crippen LogP contribution in [0.5, 0.6) is 11.5 Å². The zero-order valence-electron chi connectivity index (χ0n) is 13.1. The molecule has 120 valence electrons. The fourth-order valence-corrected chi connectivity index (χ4v) is 4.75. The lowest BCUT2D eigenvalue weighted by molar-refractivity contribution is 0.480. The van der Waals surface area contributed by atoms with E-state index >= 15 is 0 Å². The summed E-state index contributed by atoms with van der Waals surface area (Å²) in [5, 5.41) is 0.716. The van der Waals surface area contributed by atoms with Crippen molar-refractivity contribution in [1.29, 1.82) is 0 Å². The number of hydrogen-bond acceptors (Lipinski definition) is 2. The first-order valence-corrected chi connectivity index (χ1v) is 9.37. The monoisotopic (exact) mass is 344 g/mol. The molecular weight excluding hydrogens is 324 g/mol. The van der Waals surface area contributed by atoms with Crippen molar-refractivity contribution in [2.75, 3.05) is 5.75 Å². The topological polar surface area (TPSA) is 9.23 Å². The Hall–Kier alpha value is -1.38. The zero-order valence-corrected chi connectivity index (χ0v) is 14.7. The van der Waals surface area contributed by atoms with Crippen molar-refractivity contribution in [2.24, 2.45) is 0 Å². The third kappa shape index (κ3) is 3.94. The van der Waals surface area contributed by atoms with Gasteiger partial charge in [0.15, 0.2) is 0 Å². The van der Waals surface area contributed by atoms with Crippen molar-refractivity contribution in [1.82, 2.24) is 0 Å². The molecule has 0 aliphatic carbocycles. The highest BCUT2D eigenvalue weighted by molar-refractivity contribution is 8.00. The Labute approximate surface area is 147 Å². The predicted molar refractivity (Wildman–Crippen MR) is 101 cm³/mol. The Balaban J connectivity index is 1.77. The molecule has 23 heavy (non-hydrogen) atoms. The second-order valence-corrected chi connectivity index (χ2v) is 7.79. The van der Waals surface area contributed by atoms with Gasteiger partial charge in [-0.3, -0.25) is 0 Å². The largest absolute Gasteiger partial charge is 0.457 e. The van der Waals surface area contributed by atoms with Crippen LogP contribution in [0.3, 0.4) is 0 Å². The summed E-state index contributed by atoms with van der Waals surface area (Å²) < 4.78 is 6.08. The molecule has 1 unspecified atom stereocenters. The van der Waals surface area contributed by atoms with Gasteiger partial charge in [0.05, 0.1) is 0 Å². The minimum atomic E-state index is 0.193. The van der Waals surface area contributed by atoms with Crippen LogP contribution in [-0.2, 0) is 4.75 Å². The number of ether oxygens (including phenoxy) is 1. The molecule has 0 bridgehead atoms. The van der Waals surface area contributed by atoms with Crippen LogP contribution in [0, 0.1) is 0 Å². The normalized spacial score (nSPS) is 20.9. The number of allylic oxidation sites excluding steroid dienone is 1. The first-order valence-electron chi connectivity index (χ1n) is 8.01. The lowest BCUT2D eigenvalue weighted by Crippen LogP contribution is -2.25. The van der Waals surface area contributed by atoms with E-state index in [9.17, 15) is 0 Å². The van der Waals surface area contributed by atoms with Gasteiger partial charge in [-0.2, -0.15) is 11.8 Å². The second-order valence-electron chi connectivity index (χ2n) is 5.87. The Bertz CT molecular complexity index is 642. The summed E-state index contributed by atoms with van der Waals surface area (Å²) in [4.78, 5) is 0. The van der Waals surface area contributed by atoms with Crippen LogP contribution in [0.1, 0.15) is 31.2 Å². The van der Waals surface area contributed by atoms with Gasteiger partial charge in [-0.05, 0) is 67.0 Å². The fraction of sp³-hybridized carbons (Fsp3) is 0.300. The van der Waals surface area contributed by atoms with E-state index in [1.165, 1.54) is 30.6 Å². The van der Waals surface area contributed by atoms with Crippen LogP contribution >= 0.6 is 23.4 Å². The highest BCUT2D eigenvalue weighted by atomic mass is 35.5. The molecule has 3 heteroatoms. The van der Waals surface area contributed by atoms with Gasteiger partial charge in [-0.15, -0.1) is 6.58 Å². The van der Waals surface area contributed by atoms with Gasteiger partial charge in [0.2, 0.25) is 0 Å². The molecule has 0 saturated carbocycles. The van der Waals surface area contributed by atoms with Gasteiger partial charge in [-0.25, -0.2) is 0 Å². The number of hydrogen-bond donors (Lipinski definition) is 0. The van der Waals surface area contributed by atoms with Crippen LogP contribution in [-0.4, -0.2) is 5.75 Å². The van der Waals surface area contributed by atoms with E-state index < -0.39 is 0 Å². The van der Waals surface area contributed by atoms with Crippen LogP contribution in [0.2, 0.25) is 5.02 Å². The summed E-state index contributed by atoms with van der Waals surface area (Å²) in [7, 11) is 0. The first kappa shape index (κ1) is 16.5. The minimum Gasteiger partial charge on any atom is -0.457 e. The SMILES string of the molecule is C=CCC1(c2ccc(Oc3ccc(Cl)cc3)cc2)CCCCS1. The minimum absolute atomic E-state index is 0.193. The molecule has 2 aromatic carbocycles. The molecule has 0 radical (unpaired) electrons. The number of rotatable bonds is 5. The fourth-order valence-electron chi connectivity index (χ4n) is 3.06. The van der Waals surface area contributed by atoms with Crippen molar-refractivity contribution in [3.05, 3.63) is 71.8 Å². The molecule has 3 rings (SSSR count). The average Bonchev–Trinajstić information content (AvgIpc) is 2.59. The standard InChI is InChI=1S/C20H21ClOS/c1-2-13-20(14-3-4-15-23-20)16-5-9-18(10-6-16)22-19-11-7-17(21)8-12-19/h2,5-12H,1,3-4,13-15H2. The summed E-state index contributed by atoms with van der Waals surface area (Å²) >= 11 is 7.97. The van der Waals surface area contributed by atoms with Crippen molar-refractivity contribution in [2.45, 2.75) is 30.4 Å². The molecular formula is C20H21ClOS. The maximum atomic E-state index is 5.90. The molecule has 1 heterocycles. The molecule has 1 fully saturated rings. The van der Waals surface area contributed by atoms with Gasteiger partial charge >= 0.3 is 0 Å². The van der Waals surface area contributed by atoms with Gasteiger partial charge in [0.25, 0.3) is 0 Å². The Kier molecular flexibility index (Phi) is 5.34. The highest BCUT2D eigenvalue weighted by Gasteiger charge is 2.33. The smallest absolute Gasteiger partial charge is 0.127 e. The molecule has 1 saturated heterocycles. The number of halogens is 1. The van der Waals surface area contributed by atoms with Gasteiger partial charge in [0.1, 0.15) is 11.5 Å². The molecule has 0 N–H and O–H groups in total. The first-order chi connectivity index (χ1) is 11.2. The Morgan fingerprint density at radius 3 is 2.26 bits per heavy atom. The van der Waals surface area contributed by atoms with E-state index in [0.717, 1.165) is 17.9 Å².